The quantitative estimate of drug-likeness (QED) is 0.435. The number of nitrogens with one attached hydrogen (secondary N) is 1. The Balaban J connectivity index is 0.000000250. The van der Waals surface area contributed by atoms with Crippen LogP contribution in [0.4, 0.5) is 0 Å². The van der Waals surface area contributed by atoms with Crippen molar-refractivity contribution in [2.45, 2.75) is 0 Å². The molecule has 0 aliphatic carbocycles. The molecule has 4 heteroatoms. The molecule has 0 aliphatic rings. The van der Waals surface area contributed by atoms with Gasteiger partial charge in [-0.25, -0.2) is 4.98 Å². The number of hydrogen-bond acceptors (Lipinski definition) is 2. The van der Waals surface area contributed by atoms with Crippen molar-refractivity contribution in [3.63, 3.8) is 0 Å². The first-order valence-electron chi connectivity index (χ1n) is 1.29. The molecule has 6 heavy (non-hydrogen) atoms. The second-order valence-electron chi connectivity index (χ2n) is 0.652. The third-order valence-corrected chi connectivity index (χ3v) is 0.331. The Morgan fingerprint density at radius 1 is 1.50 bits per heavy atom. The Morgan fingerprint density at radius 2 is 2.33 bits per heavy atom. The van der Waals surface area contributed by atoms with Gasteiger partial charge in [-0.2, -0.15) is 5.10 Å². The SMILES string of the molecule is [Na].c1nc[nH]n1. The van der Waals surface area contributed by atoms with Crippen molar-refractivity contribution in [1.82, 2.24) is 15.2 Å². The van der Waals surface area contributed by atoms with Crippen molar-refractivity contribution in [3.05, 3.63) is 12.7 Å². The summed E-state index contributed by atoms with van der Waals surface area (Å²) in [6.45, 7) is 0. The predicted molar refractivity (Wildman–Crippen MR) is 22.1 cm³/mol. The van der Waals surface area contributed by atoms with Crippen molar-refractivity contribution >= 4 is 29.6 Å². The zero-order valence-electron chi connectivity index (χ0n) is 3.55. The average Bonchev–Trinajstić information content (AvgIpc) is 1.76. The molecule has 0 saturated heterocycles. The van der Waals surface area contributed by atoms with Gasteiger partial charge in [0.25, 0.3) is 0 Å². The summed E-state index contributed by atoms with van der Waals surface area (Å²) in [6, 6.07) is 0. The number of nitrogens with zero attached hydrogens (tertiary/aromatic N) is 2. The van der Waals surface area contributed by atoms with Crippen LogP contribution in [0.25, 0.3) is 0 Å². The zero-order valence-corrected chi connectivity index (χ0v) is 5.55. The first-order valence-corrected chi connectivity index (χ1v) is 1.29. The second kappa shape index (κ2) is 3.33. The molecule has 1 rings (SSSR count). The molecule has 3 nitrogen and oxygen atoms in total. The minimum absolute atomic E-state index is 0. The number of hydrogen-bond donors (Lipinski definition) is 1. The van der Waals surface area contributed by atoms with E-state index in [1.165, 1.54) is 12.7 Å². The first kappa shape index (κ1) is 6.14. The molecular weight excluding hydrogens is 89.0 g/mol. The molecular formula is C2H3N3Na. The van der Waals surface area contributed by atoms with Gasteiger partial charge in [-0.05, 0) is 0 Å². The average molecular weight is 92.1 g/mol. The maximum atomic E-state index is 3.56. The van der Waals surface area contributed by atoms with E-state index in [0.717, 1.165) is 0 Å². The van der Waals surface area contributed by atoms with Gasteiger partial charge < -0.3 is 0 Å². The fourth-order valence-corrected chi connectivity index (χ4v) is 0.167. The van der Waals surface area contributed by atoms with Crippen LogP contribution in [0.2, 0.25) is 0 Å². The molecule has 0 atom stereocenters. The zero-order chi connectivity index (χ0) is 3.54. The molecule has 0 spiro atoms. The van der Waals surface area contributed by atoms with Crippen LogP contribution >= 0.6 is 0 Å². The molecule has 0 unspecified atom stereocenters. The van der Waals surface area contributed by atoms with Crippen LogP contribution in [0.15, 0.2) is 12.7 Å². The minimum atomic E-state index is 0. The molecule has 0 saturated carbocycles. The summed E-state index contributed by atoms with van der Waals surface area (Å²) in [4.78, 5) is 3.56. The molecule has 0 bridgehead atoms. The van der Waals surface area contributed by atoms with E-state index in [9.17, 15) is 0 Å². The number of rotatable bonds is 0. The van der Waals surface area contributed by atoms with Gasteiger partial charge in [-0.15, -0.1) is 0 Å². The van der Waals surface area contributed by atoms with Crippen LogP contribution in [0.5, 0.6) is 0 Å². The van der Waals surface area contributed by atoms with Crippen LogP contribution < -0.4 is 0 Å². The summed E-state index contributed by atoms with van der Waals surface area (Å²) in [6.07, 6.45) is 2.96. The standard InChI is InChI=1S/C2H3N3.Na/c1-3-2-5-4-1;/h1-2H,(H,3,4,5);. The van der Waals surface area contributed by atoms with E-state index in [1.807, 2.05) is 0 Å². The van der Waals surface area contributed by atoms with Crippen LogP contribution in [-0.4, -0.2) is 44.7 Å². The minimum Gasteiger partial charge on any atom is -0.266 e. The van der Waals surface area contributed by atoms with Crippen molar-refractivity contribution in [2.24, 2.45) is 0 Å². The second-order valence-corrected chi connectivity index (χ2v) is 0.652. The molecule has 1 aromatic rings. The monoisotopic (exact) mass is 92.0 g/mol. The van der Waals surface area contributed by atoms with E-state index in [4.69, 9.17) is 0 Å². The molecule has 1 radical (unpaired) electrons. The predicted octanol–water partition coefficient (Wildman–Crippen LogP) is -0.576. The smallest absolute Gasteiger partial charge is 0.137 e. The Hall–Kier alpha value is 0.140. The van der Waals surface area contributed by atoms with E-state index < -0.39 is 0 Å². The number of aromatic amines is 1. The van der Waals surface area contributed by atoms with Gasteiger partial charge in [0, 0.05) is 29.6 Å². The summed E-state index contributed by atoms with van der Waals surface area (Å²) >= 11 is 0. The van der Waals surface area contributed by atoms with Gasteiger partial charge in [0.2, 0.25) is 0 Å². The Kier molecular flexibility index (Phi) is 3.41. The van der Waals surface area contributed by atoms with Crippen LogP contribution in [0.1, 0.15) is 0 Å². The fourth-order valence-electron chi connectivity index (χ4n) is 0.167. The van der Waals surface area contributed by atoms with Gasteiger partial charge in [0.1, 0.15) is 12.7 Å². The van der Waals surface area contributed by atoms with Gasteiger partial charge >= 0.3 is 0 Å². The number of aromatic nitrogens is 3. The summed E-state index contributed by atoms with van der Waals surface area (Å²) in [5, 5.41) is 5.99. The molecule has 0 fully saturated rings. The Bertz CT molecular complexity index is 65.3. The Labute approximate surface area is 57.5 Å². The topological polar surface area (TPSA) is 41.6 Å². The van der Waals surface area contributed by atoms with Gasteiger partial charge in [0.15, 0.2) is 0 Å². The van der Waals surface area contributed by atoms with E-state index in [-0.39, 0.29) is 29.6 Å². The molecule has 0 aromatic carbocycles. The van der Waals surface area contributed by atoms with Crippen LogP contribution in [0.3, 0.4) is 0 Å². The third-order valence-electron chi connectivity index (χ3n) is 0.331. The van der Waals surface area contributed by atoms with E-state index >= 15 is 0 Å². The Morgan fingerprint density at radius 3 is 2.50 bits per heavy atom. The van der Waals surface area contributed by atoms with Gasteiger partial charge in [0.05, 0.1) is 0 Å². The van der Waals surface area contributed by atoms with Crippen molar-refractivity contribution in [2.75, 3.05) is 0 Å². The maximum Gasteiger partial charge on any atom is 0.137 e. The molecule has 27 valence electrons. The largest absolute Gasteiger partial charge is 0.266 e. The summed E-state index contributed by atoms with van der Waals surface area (Å²) in [5.74, 6) is 0. The molecule has 0 amide bonds. The van der Waals surface area contributed by atoms with E-state index in [1.54, 1.807) is 0 Å². The molecule has 1 aromatic heterocycles. The van der Waals surface area contributed by atoms with Crippen molar-refractivity contribution < 1.29 is 0 Å². The summed E-state index contributed by atoms with van der Waals surface area (Å²) in [5.41, 5.74) is 0. The van der Waals surface area contributed by atoms with Gasteiger partial charge in [-0.1, -0.05) is 0 Å². The number of H-pyrrole nitrogens is 1. The van der Waals surface area contributed by atoms with Gasteiger partial charge in [-0.3, -0.25) is 5.10 Å². The molecule has 1 N–H and O–H groups in total. The normalized spacial score (nSPS) is 6.67. The van der Waals surface area contributed by atoms with E-state index in [0.29, 0.717) is 0 Å². The maximum absolute atomic E-state index is 3.56. The molecule has 1 heterocycles. The summed E-state index contributed by atoms with van der Waals surface area (Å²) in [7, 11) is 0. The van der Waals surface area contributed by atoms with E-state index in [2.05, 4.69) is 15.2 Å². The fraction of sp³-hybridized carbons (Fsp3) is 0. The van der Waals surface area contributed by atoms with Crippen LogP contribution in [-0.2, 0) is 0 Å². The van der Waals surface area contributed by atoms with Crippen molar-refractivity contribution in [3.8, 4) is 0 Å². The van der Waals surface area contributed by atoms with Crippen molar-refractivity contribution in [1.29, 1.82) is 0 Å². The first-order chi connectivity index (χ1) is 2.50. The molecule has 0 aliphatic heterocycles. The van der Waals surface area contributed by atoms with Crippen LogP contribution in [0, 0.1) is 0 Å². The third kappa shape index (κ3) is 1.55. The summed E-state index contributed by atoms with van der Waals surface area (Å²) < 4.78 is 0.